The molecule has 0 fully saturated rings. The molecule has 2 rings (SSSR count). The van der Waals surface area contributed by atoms with Gasteiger partial charge in [-0.15, -0.1) is 0 Å². The van der Waals surface area contributed by atoms with E-state index in [-0.39, 0.29) is 17.6 Å². The summed E-state index contributed by atoms with van der Waals surface area (Å²) in [4.78, 5) is 24.7. The Labute approximate surface area is 138 Å². The number of halogens is 1. The molecule has 1 amide bonds. The molecule has 2 aromatic rings. The highest BCUT2D eigenvalue weighted by Gasteiger charge is 2.16. The summed E-state index contributed by atoms with van der Waals surface area (Å²) in [6.45, 7) is 4.00. The van der Waals surface area contributed by atoms with Gasteiger partial charge in [0.05, 0.1) is 11.3 Å². The summed E-state index contributed by atoms with van der Waals surface area (Å²) in [6, 6.07) is 14.3. The number of amides is 1. The summed E-state index contributed by atoms with van der Waals surface area (Å²) < 4.78 is 0.721. The van der Waals surface area contributed by atoms with Gasteiger partial charge in [-0.1, -0.05) is 38.1 Å². The van der Waals surface area contributed by atoms with Gasteiger partial charge in [-0.25, -0.2) is 0 Å². The van der Waals surface area contributed by atoms with Crippen LogP contribution in [0, 0.1) is 5.92 Å². The fourth-order valence-corrected chi connectivity index (χ4v) is 2.62. The number of anilines is 1. The van der Waals surface area contributed by atoms with Gasteiger partial charge in [-0.3, -0.25) is 9.59 Å². The average Bonchev–Trinajstić information content (AvgIpc) is 2.47. The van der Waals surface area contributed by atoms with E-state index in [2.05, 4.69) is 21.2 Å². The molecule has 0 unspecified atom stereocenters. The molecule has 4 heteroatoms. The topological polar surface area (TPSA) is 46.2 Å². The number of benzene rings is 2. The Morgan fingerprint density at radius 2 is 1.59 bits per heavy atom. The van der Waals surface area contributed by atoms with Crippen molar-refractivity contribution in [3.05, 3.63) is 64.1 Å². The lowest BCUT2D eigenvalue weighted by Crippen LogP contribution is -2.15. The quantitative estimate of drug-likeness (QED) is 0.769. The van der Waals surface area contributed by atoms with Crippen LogP contribution in [0.15, 0.2) is 53.0 Å². The highest BCUT2D eigenvalue weighted by atomic mass is 79.9. The zero-order valence-electron chi connectivity index (χ0n) is 12.6. The zero-order valence-corrected chi connectivity index (χ0v) is 14.2. The van der Waals surface area contributed by atoms with E-state index in [1.54, 1.807) is 24.3 Å². The molecule has 0 atom stereocenters. The third-order valence-electron chi connectivity index (χ3n) is 3.19. The van der Waals surface area contributed by atoms with Crippen LogP contribution < -0.4 is 5.32 Å². The van der Waals surface area contributed by atoms with Crippen LogP contribution in [-0.2, 0) is 0 Å². The molecular formula is C18H18BrNO2. The first kappa shape index (κ1) is 16.4. The van der Waals surface area contributed by atoms with Crippen LogP contribution in [0.25, 0.3) is 0 Å². The third kappa shape index (κ3) is 4.04. The van der Waals surface area contributed by atoms with Crippen LogP contribution in [-0.4, -0.2) is 11.7 Å². The monoisotopic (exact) mass is 359 g/mol. The molecule has 0 aliphatic rings. The van der Waals surface area contributed by atoms with E-state index in [0.717, 1.165) is 4.47 Å². The molecule has 3 nitrogen and oxygen atoms in total. The Kier molecular flexibility index (Phi) is 5.50. The number of para-hydroxylation sites is 1. The van der Waals surface area contributed by atoms with E-state index >= 15 is 0 Å². The van der Waals surface area contributed by atoms with E-state index in [9.17, 15) is 9.59 Å². The summed E-state index contributed by atoms with van der Waals surface area (Å²) in [5, 5.41) is 2.83. The highest BCUT2D eigenvalue weighted by molar-refractivity contribution is 9.10. The van der Waals surface area contributed by atoms with E-state index in [4.69, 9.17) is 0 Å². The second-order valence-corrected chi connectivity index (χ2v) is 6.36. The van der Waals surface area contributed by atoms with Gasteiger partial charge < -0.3 is 5.32 Å². The molecular weight excluding hydrogens is 342 g/mol. The molecule has 0 saturated carbocycles. The van der Waals surface area contributed by atoms with Crippen LogP contribution in [0.5, 0.6) is 0 Å². The van der Waals surface area contributed by atoms with Gasteiger partial charge >= 0.3 is 0 Å². The fourth-order valence-electron chi connectivity index (χ4n) is 2.15. The molecule has 22 heavy (non-hydrogen) atoms. The fraction of sp³-hybridized carbons (Fsp3) is 0.222. The SMILES string of the molecule is CC(C)CC(=O)c1ccccc1NC(=O)c1ccccc1Br. The number of hydrogen-bond donors (Lipinski definition) is 1. The van der Waals surface area contributed by atoms with Crippen molar-refractivity contribution in [3.8, 4) is 0 Å². The van der Waals surface area contributed by atoms with E-state index < -0.39 is 0 Å². The van der Waals surface area contributed by atoms with Gasteiger partial charge in [0.15, 0.2) is 5.78 Å². The Morgan fingerprint density at radius 3 is 2.23 bits per heavy atom. The number of Topliss-reactive ketones (excluding diaryl/α,β-unsaturated/α-hetero) is 1. The van der Waals surface area contributed by atoms with Gasteiger partial charge in [0.1, 0.15) is 0 Å². The molecule has 0 bridgehead atoms. The Bertz CT molecular complexity index is 695. The van der Waals surface area contributed by atoms with Crippen molar-refractivity contribution < 1.29 is 9.59 Å². The van der Waals surface area contributed by atoms with Crippen molar-refractivity contribution in [2.75, 3.05) is 5.32 Å². The van der Waals surface area contributed by atoms with Gasteiger partial charge in [-0.05, 0) is 46.1 Å². The van der Waals surface area contributed by atoms with Crippen LogP contribution in [0.4, 0.5) is 5.69 Å². The van der Waals surface area contributed by atoms with E-state index in [1.807, 2.05) is 38.1 Å². The number of rotatable bonds is 5. The molecule has 1 N–H and O–H groups in total. The lowest BCUT2D eigenvalue weighted by atomic mass is 9.99. The number of carbonyl (C=O) groups is 2. The maximum atomic E-state index is 12.4. The maximum Gasteiger partial charge on any atom is 0.256 e. The predicted octanol–water partition coefficient (Wildman–Crippen LogP) is 4.93. The Hall–Kier alpha value is -1.94. The molecule has 0 aliphatic heterocycles. The normalized spacial score (nSPS) is 10.5. The summed E-state index contributed by atoms with van der Waals surface area (Å²) in [5.74, 6) is 0.0785. The van der Waals surface area contributed by atoms with Crippen LogP contribution in [0.3, 0.4) is 0 Å². The van der Waals surface area contributed by atoms with Gasteiger partial charge in [0, 0.05) is 16.5 Å². The average molecular weight is 360 g/mol. The maximum absolute atomic E-state index is 12.4. The standard InChI is InChI=1S/C18H18BrNO2/c1-12(2)11-17(21)14-8-4-6-10-16(14)20-18(22)13-7-3-5-9-15(13)19/h3-10,12H,11H2,1-2H3,(H,20,22). The first-order valence-electron chi connectivity index (χ1n) is 7.17. The van der Waals surface area contributed by atoms with Gasteiger partial charge in [0.2, 0.25) is 0 Å². The number of ketones is 1. The lowest BCUT2D eigenvalue weighted by Gasteiger charge is -2.12. The second kappa shape index (κ2) is 7.36. The largest absolute Gasteiger partial charge is 0.321 e. The van der Waals surface area contributed by atoms with Gasteiger partial charge in [0.25, 0.3) is 5.91 Å². The van der Waals surface area contributed by atoms with E-state index in [0.29, 0.717) is 23.2 Å². The summed E-state index contributed by atoms with van der Waals surface area (Å²) in [6.07, 6.45) is 0.460. The summed E-state index contributed by atoms with van der Waals surface area (Å²) in [7, 11) is 0. The molecule has 0 saturated heterocycles. The van der Waals surface area contributed by atoms with Crippen molar-refractivity contribution in [1.29, 1.82) is 0 Å². The molecule has 0 aliphatic carbocycles. The first-order valence-corrected chi connectivity index (χ1v) is 7.96. The molecule has 0 spiro atoms. The van der Waals surface area contributed by atoms with Crippen molar-refractivity contribution >= 4 is 33.3 Å². The number of carbonyl (C=O) groups excluding carboxylic acids is 2. The number of hydrogen-bond acceptors (Lipinski definition) is 2. The Morgan fingerprint density at radius 1 is 1.00 bits per heavy atom. The Balaban J connectivity index is 2.25. The van der Waals surface area contributed by atoms with Crippen molar-refractivity contribution in [1.82, 2.24) is 0 Å². The van der Waals surface area contributed by atoms with E-state index in [1.165, 1.54) is 0 Å². The first-order chi connectivity index (χ1) is 10.5. The number of nitrogens with one attached hydrogen (secondary N) is 1. The predicted molar refractivity (Wildman–Crippen MR) is 92.3 cm³/mol. The summed E-state index contributed by atoms with van der Waals surface area (Å²) >= 11 is 3.36. The minimum Gasteiger partial charge on any atom is -0.321 e. The molecule has 0 radical (unpaired) electrons. The molecule has 0 aromatic heterocycles. The minimum absolute atomic E-state index is 0.0398. The molecule has 0 heterocycles. The van der Waals surface area contributed by atoms with Crippen molar-refractivity contribution in [2.24, 2.45) is 5.92 Å². The second-order valence-electron chi connectivity index (χ2n) is 5.50. The van der Waals surface area contributed by atoms with Crippen molar-refractivity contribution in [3.63, 3.8) is 0 Å². The summed E-state index contributed by atoms with van der Waals surface area (Å²) in [5.41, 5.74) is 1.64. The zero-order chi connectivity index (χ0) is 16.1. The van der Waals surface area contributed by atoms with Gasteiger partial charge in [-0.2, -0.15) is 0 Å². The smallest absolute Gasteiger partial charge is 0.256 e. The molecule has 2 aromatic carbocycles. The third-order valence-corrected chi connectivity index (χ3v) is 3.88. The van der Waals surface area contributed by atoms with Crippen LogP contribution in [0.2, 0.25) is 0 Å². The van der Waals surface area contributed by atoms with Crippen LogP contribution >= 0.6 is 15.9 Å². The highest BCUT2D eigenvalue weighted by Crippen LogP contribution is 2.22. The minimum atomic E-state index is -0.239. The van der Waals surface area contributed by atoms with Crippen LogP contribution in [0.1, 0.15) is 41.0 Å². The molecule has 114 valence electrons. The lowest BCUT2D eigenvalue weighted by molar-refractivity contribution is 0.0968. The van der Waals surface area contributed by atoms with Crippen molar-refractivity contribution in [2.45, 2.75) is 20.3 Å².